The highest BCUT2D eigenvalue weighted by molar-refractivity contribution is 6.93. The standard InChI is InChI=1S/CCl2O.BCl/c2-1(3)4;1-2. The van der Waals surface area contributed by atoms with Crippen LogP contribution in [0.1, 0.15) is 0 Å². The van der Waals surface area contributed by atoms with Gasteiger partial charge in [0.15, 0.2) is 0 Å². The Morgan fingerprint density at radius 2 is 1.33 bits per heavy atom. The lowest BCUT2D eigenvalue weighted by molar-refractivity contribution is 0.275. The van der Waals surface area contributed by atoms with Crippen molar-refractivity contribution >= 4 is 46.6 Å². The van der Waals surface area contributed by atoms with E-state index in [1.54, 1.807) is 0 Å². The molecule has 2 radical (unpaired) electrons. The molecule has 5 heteroatoms. The van der Waals surface area contributed by atoms with Crippen LogP contribution in [0.5, 0.6) is 0 Å². The highest BCUT2D eigenvalue weighted by Gasteiger charge is 1.72. The fourth-order valence-electron chi connectivity index (χ4n) is 0. The summed E-state index contributed by atoms with van der Waals surface area (Å²) in [6.45, 7) is 0. The molecule has 0 atom stereocenters. The van der Waals surface area contributed by atoms with E-state index < -0.39 is 4.70 Å². The van der Waals surface area contributed by atoms with Gasteiger partial charge >= 0.3 is 4.70 Å². The molecule has 0 aromatic heterocycles. The minimum atomic E-state index is -0.889. The number of carbonyl (C=O) groups is 1. The summed E-state index contributed by atoms with van der Waals surface area (Å²) in [6, 6.07) is 0. The number of carbonyl (C=O) groups excluding carboxylic acids is 1. The van der Waals surface area contributed by atoms with Gasteiger partial charge in [-0.05, 0) is 23.2 Å². The average Bonchev–Trinajstić information content (AvgIpc) is 1.41. The van der Waals surface area contributed by atoms with Crippen molar-refractivity contribution in [3.8, 4) is 0 Å². The molecular weight excluding hydrogens is 145 g/mol. The lowest BCUT2D eigenvalue weighted by atomic mass is 10.8. The van der Waals surface area contributed by atoms with Crippen LogP contribution >= 0.6 is 34.7 Å². The van der Waals surface area contributed by atoms with Gasteiger partial charge in [0.25, 0.3) is 0 Å². The van der Waals surface area contributed by atoms with Gasteiger partial charge in [-0.25, -0.2) is 11.5 Å². The molecule has 0 aromatic rings. The smallest absolute Gasteiger partial charge is 0.262 e. The summed E-state index contributed by atoms with van der Waals surface area (Å²) in [5.41, 5.74) is 0. The van der Waals surface area contributed by atoms with Gasteiger partial charge in [0.05, 0.1) is 0 Å². The summed E-state index contributed by atoms with van der Waals surface area (Å²) in [4.78, 5) is 8.98. The van der Waals surface area contributed by atoms with Crippen LogP contribution in [-0.4, -0.2) is 12.0 Å². The average molecular weight is 145 g/mol. The van der Waals surface area contributed by atoms with Crippen LogP contribution in [-0.2, 0) is 0 Å². The highest BCUT2D eigenvalue weighted by atomic mass is 35.5. The van der Waals surface area contributed by atoms with Crippen molar-refractivity contribution in [2.45, 2.75) is 0 Å². The predicted molar refractivity (Wildman–Crippen MR) is 28.7 cm³/mol. The second-order valence-corrected chi connectivity index (χ2v) is 1.11. The molecule has 0 bridgehead atoms. The molecule has 0 fully saturated rings. The van der Waals surface area contributed by atoms with Crippen LogP contribution in [0.25, 0.3) is 0 Å². The number of rotatable bonds is 0. The van der Waals surface area contributed by atoms with Crippen molar-refractivity contribution in [2.24, 2.45) is 0 Å². The summed E-state index contributed by atoms with van der Waals surface area (Å²) in [6.07, 6.45) is 0. The summed E-state index contributed by atoms with van der Waals surface area (Å²) in [5, 5.41) is 0. The predicted octanol–water partition coefficient (Wildman–Crippen LogP) is 1.89. The maximum absolute atomic E-state index is 8.98. The van der Waals surface area contributed by atoms with Crippen LogP contribution < -0.4 is 0 Å². The lowest BCUT2D eigenvalue weighted by Crippen LogP contribution is -1.46. The third-order valence-corrected chi connectivity index (χ3v) is 0. The Kier molecular flexibility index (Phi) is 14.9. The Bertz CT molecular complexity index is 33.8. The molecule has 0 heterocycles. The molecule has 1 nitrogen and oxygen atoms in total. The van der Waals surface area contributed by atoms with E-state index in [1.165, 1.54) is 0 Å². The summed E-state index contributed by atoms with van der Waals surface area (Å²) in [5.74, 6) is 0. The molecule has 0 spiro atoms. The van der Waals surface area contributed by atoms with E-state index in [2.05, 4.69) is 41.9 Å². The van der Waals surface area contributed by atoms with E-state index in [4.69, 9.17) is 4.79 Å². The van der Waals surface area contributed by atoms with Crippen molar-refractivity contribution in [1.29, 1.82) is 0 Å². The van der Waals surface area contributed by atoms with Crippen molar-refractivity contribution in [1.82, 2.24) is 0 Å². The zero-order chi connectivity index (χ0) is 5.58. The van der Waals surface area contributed by atoms with Gasteiger partial charge in [-0.15, -0.1) is 0 Å². The molecule has 0 rings (SSSR count). The minimum absolute atomic E-state index is 0.889. The first-order valence-corrected chi connectivity index (χ1v) is 1.99. The van der Waals surface area contributed by atoms with Gasteiger partial charge in [-0.3, -0.25) is 4.79 Å². The van der Waals surface area contributed by atoms with Gasteiger partial charge in [0.1, 0.15) is 0 Å². The molecule has 34 valence electrons. The van der Waals surface area contributed by atoms with Gasteiger partial charge in [0, 0.05) is 0 Å². The molecule has 0 aromatic carbocycles. The van der Waals surface area contributed by atoms with Crippen LogP contribution in [0.15, 0.2) is 0 Å². The fourth-order valence-corrected chi connectivity index (χ4v) is 0. The SMILES string of the molecule is O=C(Cl)Cl.[B]Cl. The maximum Gasteiger partial charge on any atom is 0.313 e. The molecule has 0 aliphatic carbocycles. The Hall–Kier alpha value is 0.605. The van der Waals surface area contributed by atoms with Crippen LogP contribution in [0.2, 0.25) is 0 Å². The maximum atomic E-state index is 8.98. The van der Waals surface area contributed by atoms with Gasteiger partial charge < -0.3 is 0 Å². The monoisotopic (exact) mass is 144 g/mol. The van der Waals surface area contributed by atoms with Gasteiger partial charge in [0.2, 0.25) is 7.26 Å². The first-order valence-electron chi connectivity index (χ1n) is 0.800. The number of halogens is 3. The zero-order valence-electron chi connectivity index (χ0n) is 2.62. The molecule has 0 aliphatic heterocycles. The molecule has 0 N–H and O–H groups in total. The molecule has 0 amide bonds. The second kappa shape index (κ2) is 9.15. The summed E-state index contributed by atoms with van der Waals surface area (Å²) < 4.78 is -0.889. The Labute approximate surface area is 51.9 Å². The number of hydrogen-bond donors (Lipinski definition) is 0. The second-order valence-electron chi connectivity index (χ2n) is 0.226. The summed E-state index contributed by atoms with van der Waals surface area (Å²) >= 11 is 12.9. The topological polar surface area (TPSA) is 17.1 Å². The van der Waals surface area contributed by atoms with Gasteiger partial charge in [-0.1, -0.05) is 0 Å². The zero-order valence-corrected chi connectivity index (χ0v) is 4.89. The minimum Gasteiger partial charge on any atom is -0.262 e. The largest absolute Gasteiger partial charge is 0.313 e. The van der Waals surface area contributed by atoms with E-state index in [0.29, 0.717) is 0 Å². The molecule has 0 unspecified atom stereocenters. The Balaban J connectivity index is 0. The van der Waals surface area contributed by atoms with Crippen molar-refractivity contribution < 1.29 is 4.79 Å². The number of hydrogen-bond acceptors (Lipinski definition) is 1. The van der Waals surface area contributed by atoms with Crippen molar-refractivity contribution in [3.63, 3.8) is 0 Å². The molecular formula is CBCl3O. The third kappa shape index (κ3) is 164. The Morgan fingerprint density at radius 1 is 1.33 bits per heavy atom. The van der Waals surface area contributed by atoms with Gasteiger partial charge in [-0.2, -0.15) is 0 Å². The van der Waals surface area contributed by atoms with Crippen molar-refractivity contribution in [2.75, 3.05) is 0 Å². The summed E-state index contributed by atoms with van der Waals surface area (Å²) in [7, 11) is 3.97. The molecule has 0 saturated carbocycles. The van der Waals surface area contributed by atoms with Crippen molar-refractivity contribution in [3.05, 3.63) is 0 Å². The molecule has 6 heavy (non-hydrogen) atoms. The van der Waals surface area contributed by atoms with E-state index >= 15 is 0 Å². The van der Waals surface area contributed by atoms with E-state index in [-0.39, 0.29) is 0 Å². The third-order valence-electron chi connectivity index (χ3n) is 0. The van der Waals surface area contributed by atoms with Crippen LogP contribution in [0.4, 0.5) is 4.79 Å². The highest BCUT2D eigenvalue weighted by Crippen LogP contribution is 1.84. The van der Waals surface area contributed by atoms with E-state index in [0.717, 1.165) is 0 Å². The quantitative estimate of drug-likeness (QED) is 0.376. The first kappa shape index (κ1) is 9.79. The first-order chi connectivity index (χ1) is 2.73. The normalized spacial score (nSPS) is 5.17. The lowest BCUT2D eigenvalue weighted by Gasteiger charge is -1.48. The molecule has 0 saturated heterocycles. The Morgan fingerprint density at radius 3 is 1.33 bits per heavy atom. The van der Waals surface area contributed by atoms with Crippen LogP contribution in [0, 0.1) is 0 Å². The molecule has 0 aliphatic rings. The van der Waals surface area contributed by atoms with E-state index in [9.17, 15) is 0 Å². The van der Waals surface area contributed by atoms with Crippen LogP contribution in [0.3, 0.4) is 0 Å². The van der Waals surface area contributed by atoms with E-state index in [1.807, 2.05) is 0 Å². The fraction of sp³-hybridized carbons (Fsp3) is 0.